The predicted octanol–water partition coefficient (Wildman–Crippen LogP) is 4.48. The first kappa shape index (κ1) is 22.1. The number of hydrogen-bond acceptors (Lipinski definition) is 5. The first-order chi connectivity index (χ1) is 15.5. The quantitative estimate of drug-likeness (QED) is 0.511. The number of benzene rings is 2. The van der Waals surface area contributed by atoms with Crippen LogP contribution in [0.5, 0.6) is 0 Å². The van der Waals surface area contributed by atoms with Gasteiger partial charge in [0.05, 0.1) is 5.69 Å². The molecule has 6 nitrogen and oxygen atoms in total. The lowest BCUT2D eigenvalue weighted by atomic mass is 9.64. The first-order valence-corrected chi connectivity index (χ1v) is 11.1. The van der Waals surface area contributed by atoms with Gasteiger partial charge in [0, 0.05) is 12.0 Å². The van der Waals surface area contributed by atoms with Crippen LogP contribution in [0.3, 0.4) is 0 Å². The van der Waals surface area contributed by atoms with Gasteiger partial charge >= 0.3 is 5.97 Å². The molecule has 1 aromatic heterocycles. The lowest BCUT2D eigenvalue weighted by molar-refractivity contribution is -0.145. The molecule has 1 fully saturated rings. The summed E-state index contributed by atoms with van der Waals surface area (Å²) in [5.41, 5.74) is 2.16. The van der Waals surface area contributed by atoms with Crippen molar-refractivity contribution in [2.24, 2.45) is 0 Å². The molecule has 0 unspecified atom stereocenters. The van der Waals surface area contributed by atoms with Crippen LogP contribution in [0.2, 0.25) is 5.15 Å². The van der Waals surface area contributed by atoms with Gasteiger partial charge in [-0.3, -0.25) is 14.2 Å². The van der Waals surface area contributed by atoms with Crippen molar-refractivity contribution < 1.29 is 9.53 Å². The summed E-state index contributed by atoms with van der Waals surface area (Å²) in [4.78, 5) is 29.7. The van der Waals surface area contributed by atoms with Gasteiger partial charge in [-0.05, 0) is 30.9 Å². The highest BCUT2D eigenvalue weighted by atomic mass is 35.5. The van der Waals surface area contributed by atoms with E-state index >= 15 is 0 Å². The van der Waals surface area contributed by atoms with Crippen LogP contribution in [0, 0.1) is 6.92 Å². The lowest BCUT2D eigenvalue weighted by Crippen LogP contribution is -2.42. The van der Waals surface area contributed by atoms with Crippen molar-refractivity contribution in [1.29, 1.82) is 0 Å². The minimum Gasteiger partial charge on any atom is -0.459 e. The number of carbonyl (C=O) groups is 1. The van der Waals surface area contributed by atoms with E-state index in [1.165, 1.54) is 10.1 Å². The van der Waals surface area contributed by atoms with Crippen molar-refractivity contribution in [1.82, 2.24) is 9.55 Å². The van der Waals surface area contributed by atoms with E-state index in [2.05, 4.69) is 22.4 Å². The van der Waals surface area contributed by atoms with Crippen LogP contribution in [-0.2, 0) is 28.1 Å². The second-order valence-corrected chi connectivity index (χ2v) is 8.59. The molecule has 0 spiro atoms. The fraction of sp³-hybridized carbons (Fsp3) is 0.320. The fourth-order valence-corrected chi connectivity index (χ4v) is 4.24. The zero-order valence-corrected chi connectivity index (χ0v) is 18.8. The Morgan fingerprint density at radius 1 is 1.12 bits per heavy atom. The number of carbonyl (C=O) groups excluding carboxylic acids is 1. The van der Waals surface area contributed by atoms with Gasteiger partial charge in [-0.25, -0.2) is 4.98 Å². The molecule has 3 aromatic rings. The molecular formula is C25H26ClN3O3. The first-order valence-electron chi connectivity index (χ1n) is 10.7. The van der Waals surface area contributed by atoms with Crippen molar-refractivity contribution in [2.45, 2.75) is 44.8 Å². The zero-order chi connectivity index (χ0) is 22.6. The topological polar surface area (TPSA) is 73.2 Å². The van der Waals surface area contributed by atoms with Crippen molar-refractivity contribution >= 4 is 23.4 Å². The number of ether oxygens (including phenoxy) is 1. The highest BCUT2D eigenvalue weighted by Gasteiger charge is 2.38. The minimum atomic E-state index is -0.507. The number of nitrogens with zero attached hydrogens (tertiary/aromatic N) is 2. The molecule has 2 aromatic carbocycles. The SMILES string of the molecule is Cc1c(Cl)nc(NCC2(c3ccccc3)CCC2)c(=O)n1CC(=O)OCc1ccccc1. The summed E-state index contributed by atoms with van der Waals surface area (Å²) in [6, 6.07) is 19.7. The summed E-state index contributed by atoms with van der Waals surface area (Å²) in [5, 5.41) is 3.40. The van der Waals surface area contributed by atoms with Crippen LogP contribution in [0.4, 0.5) is 5.82 Å². The van der Waals surface area contributed by atoms with E-state index in [0.29, 0.717) is 12.2 Å². The highest BCUT2D eigenvalue weighted by molar-refractivity contribution is 6.30. The summed E-state index contributed by atoms with van der Waals surface area (Å²) in [7, 11) is 0. The molecule has 7 heteroatoms. The van der Waals surface area contributed by atoms with Gasteiger partial charge in [0.2, 0.25) is 0 Å². The Morgan fingerprint density at radius 3 is 2.41 bits per heavy atom. The Kier molecular flexibility index (Phi) is 6.61. The largest absolute Gasteiger partial charge is 0.459 e. The lowest BCUT2D eigenvalue weighted by Gasteiger charge is -2.42. The molecule has 1 heterocycles. The third-order valence-corrected chi connectivity index (χ3v) is 6.54. The van der Waals surface area contributed by atoms with E-state index in [0.717, 1.165) is 24.8 Å². The Labute approximate surface area is 192 Å². The maximum absolute atomic E-state index is 13.1. The maximum atomic E-state index is 13.1. The average molecular weight is 452 g/mol. The zero-order valence-electron chi connectivity index (χ0n) is 18.0. The molecule has 0 radical (unpaired) electrons. The van der Waals surface area contributed by atoms with Crippen molar-refractivity contribution in [2.75, 3.05) is 11.9 Å². The van der Waals surface area contributed by atoms with Crippen LogP contribution < -0.4 is 10.9 Å². The van der Waals surface area contributed by atoms with Crippen molar-refractivity contribution in [3.63, 3.8) is 0 Å². The summed E-state index contributed by atoms with van der Waals surface area (Å²) < 4.78 is 6.66. The Bertz CT molecular complexity index is 1140. The van der Waals surface area contributed by atoms with E-state index in [9.17, 15) is 9.59 Å². The number of nitrogens with one attached hydrogen (secondary N) is 1. The predicted molar refractivity (Wildman–Crippen MR) is 125 cm³/mol. The number of aromatic nitrogens is 2. The summed E-state index contributed by atoms with van der Waals surface area (Å²) in [5.74, 6) is -0.356. The molecule has 1 N–H and O–H groups in total. The second-order valence-electron chi connectivity index (χ2n) is 8.23. The molecule has 0 aliphatic heterocycles. The molecule has 166 valence electrons. The van der Waals surface area contributed by atoms with Crippen molar-refractivity contribution in [3.8, 4) is 0 Å². The standard InChI is InChI=1S/C25H26ClN3O3/c1-18-22(26)28-23(27-17-25(13-8-14-25)20-11-6-3-7-12-20)24(31)29(18)15-21(30)32-16-19-9-4-2-5-10-19/h2-7,9-12H,8,13-17H2,1H3,(H,27,28). The van der Waals surface area contributed by atoms with E-state index < -0.39 is 5.97 Å². The number of halogens is 1. The molecule has 1 saturated carbocycles. The van der Waals surface area contributed by atoms with Gasteiger partial charge in [-0.2, -0.15) is 0 Å². The van der Waals surface area contributed by atoms with Crippen LogP contribution in [0.15, 0.2) is 65.5 Å². The third kappa shape index (κ3) is 4.70. The molecule has 0 bridgehead atoms. The van der Waals surface area contributed by atoms with Gasteiger partial charge in [-0.15, -0.1) is 0 Å². The molecule has 4 rings (SSSR count). The number of hydrogen-bond donors (Lipinski definition) is 1. The third-order valence-electron chi connectivity index (χ3n) is 6.18. The van der Waals surface area contributed by atoms with E-state index in [-0.39, 0.29) is 35.1 Å². The van der Waals surface area contributed by atoms with Crippen LogP contribution in [0.1, 0.15) is 36.1 Å². The Hall–Kier alpha value is -3.12. The van der Waals surface area contributed by atoms with Gasteiger partial charge in [0.15, 0.2) is 11.0 Å². The molecule has 0 saturated heterocycles. The fourth-order valence-electron chi connectivity index (χ4n) is 4.05. The maximum Gasteiger partial charge on any atom is 0.326 e. The normalized spacial score (nSPS) is 14.4. The van der Waals surface area contributed by atoms with Crippen LogP contribution >= 0.6 is 11.6 Å². The monoisotopic (exact) mass is 451 g/mol. The molecule has 0 amide bonds. The molecule has 32 heavy (non-hydrogen) atoms. The number of esters is 1. The van der Waals surface area contributed by atoms with E-state index in [1.807, 2.05) is 48.5 Å². The highest BCUT2D eigenvalue weighted by Crippen LogP contribution is 2.43. The van der Waals surface area contributed by atoms with E-state index in [1.54, 1.807) is 6.92 Å². The summed E-state index contributed by atoms with van der Waals surface area (Å²) in [6.45, 7) is 2.18. The molecule has 0 atom stereocenters. The van der Waals surface area contributed by atoms with Crippen molar-refractivity contribution in [3.05, 3.63) is 93.0 Å². The number of rotatable bonds is 8. The Balaban J connectivity index is 1.48. The Morgan fingerprint density at radius 2 is 1.78 bits per heavy atom. The molecular weight excluding hydrogens is 426 g/mol. The molecule has 1 aliphatic carbocycles. The second kappa shape index (κ2) is 9.57. The van der Waals surface area contributed by atoms with Crippen LogP contribution in [0.25, 0.3) is 0 Å². The van der Waals surface area contributed by atoms with Gasteiger partial charge in [-0.1, -0.05) is 78.7 Å². The van der Waals surface area contributed by atoms with E-state index in [4.69, 9.17) is 16.3 Å². The minimum absolute atomic E-state index is 0.0216. The van der Waals surface area contributed by atoms with Gasteiger partial charge in [0.1, 0.15) is 13.2 Å². The van der Waals surface area contributed by atoms with Gasteiger partial charge < -0.3 is 10.1 Å². The average Bonchev–Trinajstić information content (AvgIpc) is 2.79. The molecule has 1 aliphatic rings. The smallest absolute Gasteiger partial charge is 0.326 e. The van der Waals surface area contributed by atoms with Crippen LogP contribution in [-0.4, -0.2) is 22.1 Å². The summed E-state index contributed by atoms with van der Waals surface area (Å²) >= 11 is 6.30. The van der Waals surface area contributed by atoms with Gasteiger partial charge in [0.25, 0.3) is 5.56 Å². The summed E-state index contributed by atoms with van der Waals surface area (Å²) in [6.07, 6.45) is 3.24. The number of anilines is 1.